The van der Waals surface area contributed by atoms with Gasteiger partial charge in [-0.05, 0) is 44.9 Å². The van der Waals surface area contributed by atoms with Crippen molar-refractivity contribution in [2.24, 2.45) is 18.0 Å². The number of aromatic nitrogens is 7. The molecule has 0 atom stereocenters. The molecular weight excluding hydrogens is 376 g/mol. The molecule has 0 amide bonds. The highest BCUT2D eigenvalue weighted by Crippen LogP contribution is 2.46. The first kappa shape index (κ1) is 18.7. The number of hydrogen-bond donors (Lipinski definition) is 0. The lowest BCUT2D eigenvalue weighted by molar-refractivity contribution is 0.0566. The SMILES string of the molecule is C=NCCC1(n2cc(-c3nc(-c4cnn(C)c4)cn4nc(C)cc34)cn2)CC(C)C1. The molecule has 0 saturated heterocycles. The molecule has 5 rings (SSSR count). The zero-order chi connectivity index (χ0) is 20.9. The summed E-state index contributed by atoms with van der Waals surface area (Å²) in [6.45, 7) is 8.70. The first-order chi connectivity index (χ1) is 14.5. The van der Waals surface area contributed by atoms with E-state index in [-0.39, 0.29) is 5.54 Å². The standard InChI is InChI=1S/C22H26N8/c1-15-8-22(9-15,5-6-23-3)30-13-18(11-25-30)21-20-7-16(2)27-29(20)14-19(26-21)17-10-24-28(4)12-17/h7,10-15H,3,5-6,8-9H2,1-2,4H3. The van der Waals surface area contributed by atoms with Gasteiger partial charge in [-0.1, -0.05) is 6.92 Å². The lowest BCUT2D eigenvalue weighted by atomic mass is 9.67. The van der Waals surface area contributed by atoms with Crippen molar-refractivity contribution < 1.29 is 0 Å². The van der Waals surface area contributed by atoms with Gasteiger partial charge in [-0.3, -0.25) is 9.36 Å². The number of aliphatic imine (C=N–C) groups is 1. The van der Waals surface area contributed by atoms with Crippen LogP contribution in [0, 0.1) is 12.8 Å². The monoisotopic (exact) mass is 402 g/mol. The van der Waals surface area contributed by atoms with Gasteiger partial charge in [-0.15, -0.1) is 0 Å². The highest BCUT2D eigenvalue weighted by Gasteiger charge is 2.44. The fraction of sp³-hybridized carbons (Fsp3) is 0.409. The van der Waals surface area contributed by atoms with E-state index in [0.717, 1.165) is 59.5 Å². The molecule has 1 aliphatic rings. The third-order valence-corrected chi connectivity index (χ3v) is 6.11. The van der Waals surface area contributed by atoms with Crippen molar-refractivity contribution in [2.45, 2.75) is 38.6 Å². The van der Waals surface area contributed by atoms with E-state index in [1.807, 2.05) is 43.3 Å². The first-order valence-electron chi connectivity index (χ1n) is 10.3. The number of hydrogen-bond acceptors (Lipinski definition) is 5. The van der Waals surface area contributed by atoms with E-state index < -0.39 is 0 Å². The second-order valence-corrected chi connectivity index (χ2v) is 8.60. The molecule has 1 fully saturated rings. The average molecular weight is 403 g/mol. The summed E-state index contributed by atoms with van der Waals surface area (Å²) >= 11 is 0. The zero-order valence-electron chi connectivity index (χ0n) is 17.7. The molecule has 0 N–H and O–H groups in total. The molecule has 8 nitrogen and oxygen atoms in total. The topological polar surface area (TPSA) is 78.2 Å². The van der Waals surface area contributed by atoms with Gasteiger partial charge in [0.25, 0.3) is 0 Å². The number of nitrogens with zero attached hydrogens (tertiary/aromatic N) is 8. The van der Waals surface area contributed by atoms with Gasteiger partial charge in [0.05, 0.1) is 46.7 Å². The molecule has 4 heterocycles. The molecule has 0 aromatic carbocycles. The Morgan fingerprint density at radius 2 is 1.97 bits per heavy atom. The van der Waals surface area contributed by atoms with Gasteiger partial charge in [0, 0.05) is 37.1 Å². The molecule has 0 radical (unpaired) electrons. The van der Waals surface area contributed by atoms with Crippen LogP contribution in [0.5, 0.6) is 0 Å². The molecule has 30 heavy (non-hydrogen) atoms. The van der Waals surface area contributed by atoms with Gasteiger partial charge in [-0.2, -0.15) is 15.3 Å². The Labute approximate surface area is 175 Å². The second-order valence-electron chi connectivity index (χ2n) is 8.60. The van der Waals surface area contributed by atoms with Crippen molar-refractivity contribution in [2.75, 3.05) is 6.54 Å². The summed E-state index contributed by atoms with van der Waals surface area (Å²) in [5.41, 5.74) is 5.64. The maximum absolute atomic E-state index is 4.99. The molecule has 0 aliphatic heterocycles. The molecule has 4 aromatic heterocycles. The maximum Gasteiger partial charge on any atom is 0.0999 e. The van der Waals surface area contributed by atoms with Gasteiger partial charge in [0.2, 0.25) is 0 Å². The smallest absolute Gasteiger partial charge is 0.0999 e. The van der Waals surface area contributed by atoms with E-state index in [4.69, 9.17) is 10.1 Å². The van der Waals surface area contributed by atoms with Crippen molar-refractivity contribution in [1.82, 2.24) is 34.2 Å². The number of rotatable bonds is 6. The lowest BCUT2D eigenvalue weighted by Gasteiger charge is -2.46. The van der Waals surface area contributed by atoms with E-state index in [2.05, 4.69) is 45.8 Å². The largest absolute Gasteiger partial charge is 0.301 e. The van der Waals surface area contributed by atoms with Crippen molar-refractivity contribution in [3.63, 3.8) is 0 Å². The Morgan fingerprint density at radius 1 is 1.17 bits per heavy atom. The summed E-state index contributed by atoms with van der Waals surface area (Å²) in [7, 11) is 1.90. The van der Waals surface area contributed by atoms with Crippen LogP contribution in [-0.4, -0.2) is 47.4 Å². The third kappa shape index (κ3) is 3.03. The fourth-order valence-corrected chi connectivity index (χ4v) is 4.75. The van der Waals surface area contributed by atoms with E-state index in [9.17, 15) is 0 Å². The van der Waals surface area contributed by atoms with Crippen molar-refractivity contribution in [3.05, 3.63) is 42.7 Å². The minimum absolute atomic E-state index is 0.0340. The van der Waals surface area contributed by atoms with Gasteiger partial charge in [-0.25, -0.2) is 9.50 Å². The molecule has 0 bridgehead atoms. The predicted molar refractivity (Wildman–Crippen MR) is 117 cm³/mol. The summed E-state index contributed by atoms with van der Waals surface area (Å²) in [5, 5.41) is 13.7. The molecular formula is C22H26N8. The minimum atomic E-state index is 0.0340. The van der Waals surface area contributed by atoms with Crippen LogP contribution in [0.2, 0.25) is 0 Å². The molecule has 8 heteroatoms. The van der Waals surface area contributed by atoms with Crippen LogP contribution in [-0.2, 0) is 12.6 Å². The molecule has 154 valence electrons. The van der Waals surface area contributed by atoms with Crippen molar-refractivity contribution in [1.29, 1.82) is 0 Å². The summed E-state index contributed by atoms with van der Waals surface area (Å²) < 4.78 is 5.81. The van der Waals surface area contributed by atoms with E-state index in [1.54, 1.807) is 4.68 Å². The normalized spacial score (nSPS) is 21.1. The molecule has 1 aliphatic carbocycles. The lowest BCUT2D eigenvalue weighted by Crippen LogP contribution is -2.46. The Morgan fingerprint density at radius 3 is 2.67 bits per heavy atom. The van der Waals surface area contributed by atoms with Crippen LogP contribution in [0.25, 0.3) is 28.0 Å². The van der Waals surface area contributed by atoms with Crippen molar-refractivity contribution in [3.8, 4) is 22.5 Å². The maximum atomic E-state index is 4.99. The molecule has 4 aromatic rings. The van der Waals surface area contributed by atoms with Crippen LogP contribution < -0.4 is 0 Å². The molecule has 1 saturated carbocycles. The van der Waals surface area contributed by atoms with Gasteiger partial charge in [0.15, 0.2) is 0 Å². The summed E-state index contributed by atoms with van der Waals surface area (Å²) in [4.78, 5) is 9.07. The van der Waals surface area contributed by atoms with Gasteiger partial charge < -0.3 is 4.99 Å². The summed E-state index contributed by atoms with van der Waals surface area (Å²) in [6.07, 6.45) is 13.0. The van der Waals surface area contributed by atoms with E-state index >= 15 is 0 Å². The Balaban J connectivity index is 1.60. The Hall–Kier alpha value is -3.29. The molecule has 0 unspecified atom stereocenters. The zero-order valence-corrected chi connectivity index (χ0v) is 17.7. The van der Waals surface area contributed by atoms with Crippen LogP contribution in [0.1, 0.15) is 31.9 Å². The van der Waals surface area contributed by atoms with Crippen molar-refractivity contribution >= 4 is 12.2 Å². The van der Waals surface area contributed by atoms with Crippen LogP contribution in [0.4, 0.5) is 0 Å². The predicted octanol–water partition coefficient (Wildman–Crippen LogP) is 3.52. The highest BCUT2D eigenvalue weighted by molar-refractivity contribution is 5.78. The average Bonchev–Trinajstić information content (AvgIpc) is 3.42. The van der Waals surface area contributed by atoms with Crippen LogP contribution in [0.15, 0.2) is 42.0 Å². The van der Waals surface area contributed by atoms with Gasteiger partial charge in [0.1, 0.15) is 0 Å². The Kier molecular flexibility index (Phi) is 4.30. The Bertz CT molecular complexity index is 1220. The van der Waals surface area contributed by atoms with E-state index in [1.165, 1.54) is 0 Å². The summed E-state index contributed by atoms with van der Waals surface area (Å²) in [5.74, 6) is 0.707. The number of aryl methyl sites for hydroxylation is 2. The van der Waals surface area contributed by atoms with E-state index in [0.29, 0.717) is 5.92 Å². The number of fused-ring (bicyclic) bond motifs is 1. The van der Waals surface area contributed by atoms with Crippen LogP contribution in [0.3, 0.4) is 0 Å². The van der Waals surface area contributed by atoms with Gasteiger partial charge >= 0.3 is 0 Å². The highest BCUT2D eigenvalue weighted by atomic mass is 15.3. The molecule has 0 spiro atoms. The summed E-state index contributed by atoms with van der Waals surface area (Å²) in [6, 6.07) is 2.06. The third-order valence-electron chi connectivity index (χ3n) is 6.11. The minimum Gasteiger partial charge on any atom is -0.301 e. The quantitative estimate of drug-likeness (QED) is 0.462. The van der Waals surface area contributed by atoms with Crippen LogP contribution >= 0.6 is 0 Å². The second kappa shape index (κ2) is 6.90. The fourth-order valence-electron chi connectivity index (χ4n) is 4.75. The first-order valence-corrected chi connectivity index (χ1v) is 10.3.